The predicted octanol–water partition coefficient (Wildman–Crippen LogP) is 28.4. The van der Waals surface area contributed by atoms with Crippen molar-refractivity contribution in [3.8, 4) is 78.1 Å². The number of hydrogen-bond donors (Lipinski definition) is 0. The normalized spacial score (nSPS) is 15.9. The average Bonchev–Trinajstić information content (AvgIpc) is 0.923. The van der Waals surface area contributed by atoms with Crippen molar-refractivity contribution >= 4 is 112 Å². The molecule has 0 N–H and O–H groups in total. The van der Waals surface area contributed by atoms with E-state index >= 15 is 0 Å². The second kappa shape index (κ2) is 27.3. The van der Waals surface area contributed by atoms with E-state index in [0.717, 1.165) is 128 Å². The third kappa shape index (κ3) is 10.9. The number of anilines is 6. The first-order chi connectivity index (χ1) is 65.5. The van der Waals surface area contributed by atoms with Crippen LogP contribution in [0.5, 0.6) is 0 Å². The largest absolute Gasteiger partial charge is 0.310 e. The standard InChI is InChI=1S/C115H85BN4/c1-113(2,3)83-68-94(75-36-12-7-13-37-75)111(95(69-83)76-38-14-8-15-39-76)119-105-72-85(117-101-55-30-25-48-89(101)90-49-26-31-56-102(90)117)61-63-99(105)116-100-64-62-86(118-103-57-32-27-50-91(103)92-51-28-33-58-104(92)118)73-106(100)120(112-96(77-40-16-9-17-41-77)70-84(114(4,5)6)71-97(112)78-42-18-10-19-43-78)108-67-80(66-107(119)110(108)116)87-52-34-53-93-88-47-24-29-54-98(88)115(109(87)93,81-45-20-11-21-46-81)82-60-59-74-35-22-23-44-79(74)65-82/h7-73H,1-6H3/i25D,26D,27D,28D,30D,31D,32D,33D,48D,49D,50D,51D,55D,56D,57D,58D. The van der Waals surface area contributed by atoms with E-state index in [2.05, 4.69) is 252 Å². The van der Waals surface area contributed by atoms with Crippen LogP contribution in [-0.4, -0.2) is 15.8 Å². The molecule has 0 bridgehead atoms. The Kier molecular flexibility index (Phi) is 12.7. The maximum Gasteiger partial charge on any atom is 0.252 e. The Bertz CT molecular complexity index is 7930. The fourth-order valence-corrected chi connectivity index (χ4v) is 19.7. The Labute approximate surface area is 724 Å². The van der Waals surface area contributed by atoms with Crippen molar-refractivity contribution in [3.05, 3.63) is 439 Å². The lowest BCUT2D eigenvalue weighted by Crippen LogP contribution is -2.61. The van der Waals surface area contributed by atoms with Crippen LogP contribution in [0.3, 0.4) is 0 Å². The molecule has 2 aliphatic heterocycles. The zero-order valence-corrected chi connectivity index (χ0v) is 66.8. The molecular formula is C115H85BN4. The smallest absolute Gasteiger partial charge is 0.252 e. The van der Waals surface area contributed by atoms with Gasteiger partial charge in [0.2, 0.25) is 0 Å². The number of benzene rings is 18. The molecule has 1 atom stereocenters. The van der Waals surface area contributed by atoms with E-state index in [-0.39, 0.29) is 43.6 Å². The summed E-state index contributed by atoms with van der Waals surface area (Å²) in [6.45, 7) is 12.4. The lowest BCUT2D eigenvalue weighted by Gasteiger charge is -2.46. The van der Waals surface area contributed by atoms with Crippen LogP contribution in [-0.2, 0) is 16.2 Å². The molecule has 5 heteroatoms. The monoisotopic (exact) mass is 1550 g/mol. The molecule has 1 aliphatic carbocycles. The highest BCUT2D eigenvalue weighted by atomic mass is 15.2. The van der Waals surface area contributed by atoms with E-state index in [1.165, 1.54) is 0 Å². The van der Waals surface area contributed by atoms with Crippen LogP contribution in [0, 0.1) is 0 Å². The Morgan fingerprint density at radius 3 is 1.09 bits per heavy atom. The molecule has 1 unspecified atom stereocenters. The van der Waals surface area contributed by atoms with E-state index in [4.69, 9.17) is 0 Å². The van der Waals surface area contributed by atoms with Gasteiger partial charge in [0, 0.05) is 77.9 Å². The van der Waals surface area contributed by atoms with Crippen LogP contribution >= 0.6 is 0 Å². The molecule has 568 valence electrons. The third-order valence-corrected chi connectivity index (χ3v) is 25.1. The summed E-state index contributed by atoms with van der Waals surface area (Å²) in [5.41, 5.74) is 21.3. The molecule has 4 heterocycles. The van der Waals surface area contributed by atoms with Crippen LogP contribution in [0.4, 0.5) is 34.1 Å². The van der Waals surface area contributed by atoms with Gasteiger partial charge in [0.1, 0.15) is 0 Å². The summed E-state index contributed by atoms with van der Waals surface area (Å²) in [6.07, 6.45) is 0. The second-order valence-electron chi connectivity index (χ2n) is 33.8. The molecule has 0 amide bonds. The summed E-state index contributed by atoms with van der Waals surface area (Å²) in [5.74, 6) is 0. The number of para-hydroxylation sites is 4. The highest BCUT2D eigenvalue weighted by Crippen LogP contribution is 2.62. The van der Waals surface area contributed by atoms with Gasteiger partial charge in [0.15, 0.2) is 0 Å². The number of hydrogen-bond acceptors (Lipinski definition) is 2. The van der Waals surface area contributed by atoms with Gasteiger partial charge in [-0.05, 0) is 207 Å². The Hall–Kier alpha value is -14.5. The summed E-state index contributed by atoms with van der Waals surface area (Å²) in [7, 11) is 0. The first-order valence-corrected chi connectivity index (χ1v) is 40.9. The van der Waals surface area contributed by atoms with E-state index in [1.807, 2.05) is 109 Å². The Balaban J connectivity index is 0.970. The predicted molar refractivity (Wildman–Crippen MR) is 509 cm³/mol. The van der Waals surface area contributed by atoms with Crippen molar-refractivity contribution in [2.24, 2.45) is 0 Å². The highest BCUT2D eigenvalue weighted by Gasteiger charge is 2.50. The molecule has 4 nitrogen and oxygen atoms in total. The van der Waals surface area contributed by atoms with Gasteiger partial charge >= 0.3 is 0 Å². The molecule has 0 radical (unpaired) electrons. The van der Waals surface area contributed by atoms with Crippen molar-refractivity contribution in [2.45, 2.75) is 57.8 Å². The fourth-order valence-electron chi connectivity index (χ4n) is 19.7. The molecule has 0 saturated carbocycles. The van der Waals surface area contributed by atoms with E-state index in [9.17, 15) is 21.9 Å². The minimum absolute atomic E-state index is 0.0658. The molecule has 0 saturated heterocycles. The van der Waals surface area contributed by atoms with Crippen molar-refractivity contribution in [1.29, 1.82) is 0 Å². The second-order valence-corrected chi connectivity index (χ2v) is 33.8. The summed E-state index contributed by atoms with van der Waals surface area (Å²) >= 11 is 0. The quantitative estimate of drug-likeness (QED) is 0.120. The molecular weight excluding hydrogens is 1450 g/mol. The van der Waals surface area contributed by atoms with Gasteiger partial charge in [-0.15, -0.1) is 0 Å². The first kappa shape index (κ1) is 55.9. The van der Waals surface area contributed by atoms with Crippen molar-refractivity contribution in [3.63, 3.8) is 0 Å². The first-order valence-electron chi connectivity index (χ1n) is 48.9. The molecule has 3 aliphatic rings. The van der Waals surface area contributed by atoms with Crippen LogP contribution < -0.4 is 26.2 Å². The molecule has 120 heavy (non-hydrogen) atoms. The summed E-state index contributed by atoms with van der Waals surface area (Å²) in [6, 6.07) is 100. The lowest BCUT2D eigenvalue weighted by atomic mass is 9.33. The zero-order valence-electron chi connectivity index (χ0n) is 82.8. The minimum Gasteiger partial charge on any atom is -0.310 e. The molecule has 23 rings (SSSR count). The van der Waals surface area contributed by atoms with Crippen LogP contribution in [0.2, 0.25) is 0 Å². The Morgan fingerprint density at radius 2 is 0.658 bits per heavy atom. The molecule has 2 aromatic heterocycles. The topological polar surface area (TPSA) is 16.3 Å². The summed E-state index contributed by atoms with van der Waals surface area (Å²) in [4.78, 5) is 4.77. The maximum atomic E-state index is 10.1. The summed E-state index contributed by atoms with van der Waals surface area (Å²) in [5, 5.41) is 1.78. The van der Waals surface area contributed by atoms with E-state index in [1.54, 1.807) is 9.13 Å². The highest BCUT2D eigenvalue weighted by molar-refractivity contribution is 7.00. The van der Waals surface area contributed by atoms with Crippen LogP contribution in [0.15, 0.2) is 406 Å². The molecule has 20 aromatic rings. The zero-order chi connectivity index (χ0) is 94.2. The number of rotatable bonds is 11. The SMILES string of the molecule is [2H]c1c([2H])c([2H])c2c(c1[2H])c1c([2H])c([2H])c([2H])c([2H])c1n2-c1ccc2c(c1)N(c1c(-c3ccccc3)cc(C(C)(C)C)cc1-c1ccccc1)c1cc(-c3cccc4c3C(c3ccccc3)(c3ccc5ccccc5c3)c3ccccc3-4)cc3c1B2c1ccc(-n2c4c([2H])c([2H])c([2H])c([2H])c4c4c([2H])c([2H])c([2H])c([2H])c42)cc1N3c1c(-c2ccccc2)cc(C(C)(C)C)cc1-c1ccccc1. The van der Waals surface area contributed by atoms with Crippen molar-refractivity contribution in [2.75, 3.05) is 9.80 Å². The maximum absolute atomic E-state index is 10.1. The number of nitrogens with zero attached hydrogens (tertiary/aromatic N) is 4. The Morgan fingerprint density at radius 1 is 0.283 bits per heavy atom. The van der Waals surface area contributed by atoms with Crippen LogP contribution in [0.1, 0.15) is 96.9 Å². The van der Waals surface area contributed by atoms with Gasteiger partial charge < -0.3 is 18.9 Å². The van der Waals surface area contributed by atoms with Gasteiger partial charge in [-0.3, -0.25) is 0 Å². The minimum atomic E-state index is -1.06. The van der Waals surface area contributed by atoms with Gasteiger partial charge in [0.05, 0.1) is 60.8 Å². The van der Waals surface area contributed by atoms with Crippen molar-refractivity contribution in [1.82, 2.24) is 9.13 Å². The molecule has 18 aromatic carbocycles. The molecule has 0 spiro atoms. The van der Waals surface area contributed by atoms with Gasteiger partial charge in [-0.25, -0.2) is 0 Å². The average molecular weight is 1550 g/mol. The molecule has 0 fully saturated rings. The van der Waals surface area contributed by atoms with E-state index < -0.39 is 120 Å². The van der Waals surface area contributed by atoms with E-state index in [0.29, 0.717) is 45.0 Å². The lowest BCUT2D eigenvalue weighted by molar-refractivity contribution is 0.590. The van der Waals surface area contributed by atoms with Crippen LogP contribution in [0.25, 0.3) is 133 Å². The number of aromatic nitrogens is 2. The third-order valence-electron chi connectivity index (χ3n) is 25.1. The number of fused-ring (bicyclic) bond motifs is 14. The fraction of sp³-hybridized carbons (Fsp3) is 0.0783. The van der Waals surface area contributed by atoms with Gasteiger partial charge in [0.25, 0.3) is 6.71 Å². The van der Waals surface area contributed by atoms with Crippen molar-refractivity contribution < 1.29 is 21.9 Å². The van der Waals surface area contributed by atoms with Gasteiger partial charge in [-0.1, -0.05) is 357 Å². The summed E-state index contributed by atoms with van der Waals surface area (Å²) < 4.78 is 158. The van der Waals surface area contributed by atoms with Gasteiger partial charge in [-0.2, -0.15) is 0 Å².